The highest BCUT2D eigenvalue weighted by molar-refractivity contribution is 7.07. The Kier molecular flexibility index (Phi) is 7.46. The number of benzene rings is 2. The standard InChI is InChI=1S/C30H28N4O6S/c1-6-40-29(36)26-18(3)31-30-33(27(26)20-7-13-24(39-5)14-8-20)28(35)25(41-30)16-21-15-17(2)32(19(21)4)22-9-11-23(12-10-22)34(37)38/h7-16,27H,6H2,1-5H3/b25-16+/t27-/m1/s1. The molecule has 0 saturated heterocycles. The van der Waals surface area contributed by atoms with Crippen LogP contribution < -0.4 is 19.6 Å². The summed E-state index contributed by atoms with van der Waals surface area (Å²) in [7, 11) is 1.57. The van der Waals surface area contributed by atoms with E-state index in [0.29, 0.717) is 26.4 Å². The van der Waals surface area contributed by atoms with Gasteiger partial charge < -0.3 is 14.0 Å². The zero-order chi connectivity index (χ0) is 29.4. The smallest absolute Gasteiger partial charge is 0.338 e. The molecule has 5 rings (SSSR count). The number of methoxy groups -OCH3 is 1. The van der Waals surface area contributed by atoms with Crippen LogP contribution in [0.5, 0.6) is 5.75 Å². The van der Waals surface area contributed by atoms with Crippen molar-refractivity contribution in [2.75, 3.05) is 13.7 Å². The molecule has 41 heavy (non-hydrogen) atoms. The van der Waals surface area contributed by atoms with Gasteiger partial charge in [0.1, 0.15) is 5.75 Å². The van der Waals surface area contributed by atoms with E-state index in [-0.39, 0.29) is 17.9 Å². The second-order valence-electron chi connectivity index (χ2n) is 9.51. The summed E-state index contributed by atoms with van der Waals surface area (Å²) in [5.41, 5.74) is 4.66. The van der Waals surface area contributed by atoms with E-state index in [0.717, 1.165) is 28.2 Å². The van der Waals surface area contributed by atoms with Gasteiger partial charge in [-0.1, -0.05) is 23.5 Å². The number of nitro groups is 1. The number of ether oxygens (including phenoxy) is 2. The predicted molar refractivity (Wildman–Crippen MR) is 155 cm³/mol. The summed E-state index contributed by atoms with van der Waals surface area (Å²) < 4.78 is 14.7. The Hall–Kier alpha value is -4.77. The van der Waals surface area contributed by atoms with Crippen molar-refractivity contribution >= 4 is 29.1 Å². The van der Waals surface area contributed by atoms with Crippen molar-refractivity contribution in [1.29, 1.82) is 0 Å². The average molecular weight is 573 g/mol. The fraction of sp³-hybridized carbons (Fsp3) is 0.233. The van der Waals surface area contributed by atoms with Crippen molar-refractivity contribution in [2.24, 2.45) is 4.99 Å². The number of esters is 1. The number of rotatable bonds is 7. The van der Waals surface area contributed by atoms with E-state index in [2.05, 4.69) is 4.99 Å². The fourth-order valence-corrected chi connectivity index (χ4v) is 6.13. The van der Waals surface area contributed by atoms with Crippen LogP contribution in [0.2, 0.25) is 0 Å². The summed E-state index contributed by atoms with van der Waals surface area (Å²) in [6.45, 7) is 7.54. The summed E-state index contributed by atoms with van der Waals surface area (Å²) in [4.78, 5) is 42.8. The molecule has 0 unspecified atom stereocenters. The summed E-state index contributed by atoms with van der Waals surface area (Å²) >= 11 is 1.25. The minimum atomic E-state index is -0.717. The van der Waals surface area contributed by atoms with Gasteiger partial charge in [0, 0.05) is 29.2 Å². The third-order valence-corrected chi connectivity index (χ3v) is 8.01. The maximum Gasteiger partial charge on any atom is 0.338 e. The maximum atomic E-state index is 13.9. The van der Waals surface area contributed by atoms with E-state index in [4.69, 9.17) is 9.47 Å². The molecule has 2 aromatic carbocycles. The number of allylic oxidation sites excluding steroid dienone is 1. The van der Waals surface area contributed by atoms with Gasteiger partial charge in [0.15, 0.2) is 4.80 Å². The number of nitrogens with zero attached hydrogens (tertiary/aromatic N) is 4. The number of thiazole rings is 1. The lowest BCUT2D eigenvalue weighted by molar-refractivity contribution is -0.384. The van der Waals surface area contributed by atoms with Crippen LogP contribution in [0.3, 0.4) is 0 Å². The van der Waals surface area contributed by atoms with Crippen LogP contribution >= 0.6 is 11.3 Å². The number of hydrogen-bond donors (Lipinski definition) is 0. The highest BCUT2D eigenvalue weighted by Crippen LogP contribution is 2.31. The van der Waals surface area contributed by atoms with Crippen molar-refractivity contribution in [1.82, 2.24) is 9.13 Å². The van der Waals surface area contributed by atoms with Crippen LogP contribution in [0.1, 0.15) is 42.4 Å². The van der Waals surface area contributed by atoms with E-state index >= 15 is 0 Å². The zero-order valence-electron chi connectivity index (χ0n) is 23.2. The van der Waals surface area contributed by atoms with E-state index in [9.17, 15) is 19.7 Å². The second kappa shape index (κ2) is 11.0. The lowest BCUT2D eigenvalue weighted by Gasteiger charge is -2.24. The molecule has 1 aliphatic heterocycles. The third-order valence-electron chi connectivity index (χ3n) is 7.02. The molecule has 0 radical (unpaired) electrons. The Bertz CT molecular complexity index is 1880. The molecule has 210 valence electrons. The minimum Gasteiger partial charge on any atom is -0.497 e. The van der Waals surface area contributed by atoms with Crippen LogP contribution in [0, 0.1) is 24.0 Å². The Balaban J connectivity index is 1.65. The number of carbonyl (C=O) groups excluding carboxylic acids is 1. The van der Waals surface area contributed by atoms with Gasteiger partial charge in [0.05, 0.1) is 40.5 Å². The average Bonchev–Trinajstić information content (AvgIpc) is 3.41. The van der Waals surface area contributed by atoms with Crippen LogP contribution in [-0.2, 0) is 9.53 Å². The molecule has 0 spiro atoms. The molecule has 3 heterocycles. The number of nitro benzene ring substituents is 1. The molecule has 0 fully saturated rings. The van der Waals surface area contributed by atoms with Gasteiger partial charge in [0.2, 0.25) is 0 Å². The lowest BCUT2D eigenvalue weighted by Crippen LogP contribution is -2.39. The second-order valence-corrected chi connectivity index (χ2v) is 10.5. The van der Waals surface area contributed by atoms with Gasteiger partial charge in [-0.2, -0.15) is 0 Å². The predicted octanol–water partition coefficient (Wildman–Crippen LogP) is 4.12. The number of non-ortho nitro benzene ring substituents is 1. The van der Waals surface area contributed by atoms with Crippen molar-refractivity contribution in [3.05, 3.63) is 118 Å². The van der Waals surface area contributed by atoms with E-state index in [1.165, 1.54) is 23.5 Å². The van der Waals surface area contributed by atoms with E-state index in [1.807, 2.05) is 42.7 Å². The van der Waals surface area contributed by atoms with Crippen LogP contribution in [0.15, 0.2) is 75.7 Å². The van der Waals surface area contributed by atoms with Crippen molar-refractivity contribution in [3.63, 3.8) is 0 Å². The van der Waals surface area contributed by atoms with Gasteiger partial charge >= 0.3 is 5.97 Å². The third kappa shape index (κ3) is 5.00. The zero-order valence-corrected chi connectivity index (χ0v) is 24.0. The number of hydrogen-bond acceptors (Lipinski definition) is 8. The molecule has 10 nitrogen and oxygen atoms in total. The quantitative estimate of drug-likeness (QED) is 0.187. The number of carbonyl (C=O) groups is 1. The fourth-order valence-electron chi connectivity index (χ4n) is 5.09. The summed E-state index contributed by atoms with van der Waals surface area (Å²) in [5.74, 6) is 0.137. The molecule has 0 bridgehead atoms. The van der Waals surface area contributed by atoms with Gasteiger partial charge in [-0.15, -0.1) is 0 Å². The Labute approximate surface area is 239 Å². The molecule has 0 amide bonds. The van der Waals surface area contributed by atoms with Crippen LogP contribution in [0.4, 0.5) is 5.69 Å². The molecule has 0 N–H and O–H groups in total. The monoisotopic (exact) mass is 572 g/mol. The van der Waals surface area contributed by atoms with Crippen molar-refractivity contribution < 1.29 is 19.2 Å². The van der Waals surface area contributed by atoms with Gasteiger partial charge in [-0.05, 0) is 75.2 Å². The van der Waals surface area contributed by atoms with E-state index in [1.54, 1.807) is 49.8 Å². The molecule has 2 aromatic heterocycles. The SMILES string of the molecule is CCOC(=O)C1=C(C)N=c2s/c(=C/c3cc(C)n(-c4ccc([N+](=O)[O-])cc4)c3C)c(=O)n2[C@@H]1c1ccc(OC)cc1. The topological polar surface area (TPSA) is 118 Å². The lowest BCUT2D eigenvalue weighted by atomic mass is 9.96. The maximum absolute atomic E-state index is 13.9. The number of fused-ring (bicyclic) bond motifs is 1. The molecule has 0 saturated carbocycles. The molecule has 4 aromatic rings. The first-order valence-electron chi connectivity index (χ1n) is 12.9. The molecular formula is C30H28N4O6S. The highest BCUT2D eigenvalue weighted by Gasteiger charge is 2.33. The Morgan fingerprint density at radius 3 is 2.41 bits per heavy atom. The molecule has 1 atom stereocenters. The van der Waals surface area contributed by atoms with Crippen molar-refractivity contribution in [3.8, 4) is 11.4 Å². The molecule has 0 aliphatic carbocycles. The molecule has 1 aliphatic rings. The highest BCUT2D eigenvalue weighted by atomic mass is 32.1. The Morgan fingerprint density at radius 2 is 1.80 bits per heavy atom. The summed E-state index contributed by atoms with van der Waals surface area (Å²) in [5, 5.41) is 11.1. The largest absolute Gasteiger partial charge is 0.497 e. The number of aromatic nitrogens is 2. The van der Waals surface area contributed by atoms with Crippen LogP contribution in [-0.4, -0.2) is 33.7 Å². The first-order valence-corrected chi connectivity index (χ1v) is 13.7. The first-order chi connectivity index (χ1) is 19.6. The van der Waals surface area contributed by atoms with Crippen molar-refractivity contribution in [2.45, 2.75) is 33.7 Å². The van der Waals surface area contributed by atoms with Gasteiger partial charge in [-0.3, -0.25) is 19.5 Å². The van der Waals surface area contributed by atoms with Crippen LogP contribution in [0.25, 0.3) is 11.8 Å². The summed E-state index contributed by atoms with van der Waals surface area (Å²) in [6.07, 6.45) is 1.82. The first kappa shape index (κ1) is 27.8. The molecular weight excluding hydrogens is 544 g/mol. The number of aryl methyl sites for hydroxylation is 1. The molecule has 11 heteroatoms. The summed E-state index contributed by atoms with van der Waals surface area (Å²) in [6, 6.07) is 14.8. The van der Waals surface area contributed by atoms with Gasteiger partial charge in [-0.25, -0.2) is 9.79 Å². The van der Waals surface area contributed by atoms with Gasteiger partial charge in [0.25, 0.3) is 11.2 Å². The normalized spacial score (nSPS) is 15.0. The van der Waals surface area contributed by atoms with E-state index < -0.39 is 16.9 Å². The minimum absolute atomic E-state index is 0.0152. The Morgan fingerprint density at radius 1 is 1.12 bits per heavy atom.